The molecule has 1 heterocycles. The summed E-state index contributed by atoms with van der Waals surface area (Å²) in [7, 11) is 0. The van der Waals surface area contributed by atoms with Gasteiger partial charge >= 0.3 is 0 Å². The zero-order chi connectivity index (χ0) is 11.6. The molecule has 0 unspecified atom stereocenters. The summed E-state index contributed by atoms with van der Waals surface area (Å²) in [6.45, 7) is 4.39. The molecule has 2 rings (SSSR count). The third-order valence-corrected chi connectivity index (χ3v) is 3.85. The van der Waals surface area contributed by atoms with Crippen molar-refractivity contribution >= 4 is 5.78 Å². The van der Waals surface area contributed by atoms with Gasteiger partial charge in [0.25, 0.3) is 0 Å². The summed E-state index contributed by atoms with van der Waals surface area (Å²) in [6.07, 6.45) is 10.3. The molecule has 1 saturated heterocycles. The standard InChI is InChI=1S/C14H22O2/c1-11-7-8-13-14(2,16-13)9-5-3-4-6-12(15)10-11/h3-4,11,13H,5-10H2,1-2H3/b4-3+/t11-,13+,14+/m0/s1. The Bertz CT molecular complexity index is 295. The molecule has 2 aliphatic rings. The van der Waals surface area contributed by atoms with E-state index in [4.69, 9.17) is 4.74 Å². The van der Waals surface area contributed by atoms with E-state index in [9.17, 15) is 4.79 Å². The first-order valence-electron chi connectivity index (χ1n) is 6.45. The Kier molecular flexibility index (Phi) is 3.48. The summed E-state index contributed by atoms with van der Waals surface area (Å²) >= 11 is 0. The molecule has 2 nitrogen and oxygen atoms in total. The van der Waals surface area contributed by atoms with Gasteiger partial charge in [-0.05, 0) is 38.5 Å². The van der Waals surface area contributed by atoms with Crippen LogP contribution in [-0.4, -0.2) is 17.5 Å². The fourth-order valence-corrected chi connectivity index (χ4v) is 2.59. The number of ketones is 1. The second-order valence-electron chi connectivity index (χ2n) is 5.56. The van der Waals surface area contributed by atoms with Crippen molar-refractivity contribution in [2.24, 2.45) is 5.92 Å². The van der Waals surface area contributed by atoms with Crippen molar-refractivity contribution in [2.45, 2.75) is 64.1 Å². The maximum Gasteiger partial charge on any atom is 0.136 e. The molecule has 0 bridgehead atoms. The van der Waals surface area contributed by atoms with E-state index in [1.165, 1.54) is 0 Å². The molecule has 1 fully saturated rings. The lowest BCUT2D eigenvalue weighted by Crippen LogP contribution is -2.12. The lowest BCUT2D eigenvalue weighted by atomic mass is 9.92. The molecular formula is C14H22O2. The van der Waals surface area contributed by atoms with Gasteiger partial charge in [-0.15, -0.1) is 0 Å². The van der Waals surface area contributed by atoms with E-state index < -0.39 is 0 Å². The van der Waals surface area contributed by atoms with Crippen molar-refractivity contribution in [3.05, 3.63) is 12.2 Å². The molecule has 2 heteroatoms. The minimum Gasteiger partial charge on any atom is -0.366 e. The lowest BCUT2D eigenvalue weighted by molar-refractivity contribution is -0.119. The SMILES string of the molecule is C[C@H]1CC[C@H]2O[C@]2(C)CC/C=C/CC(=O)C1. The normalized spacial score (nSPS) is 42.8. The Morgan fingerprint density at radius 1 is 1.38 bits per heavy atom. The van der Waals surface area contributed by atoms with Crippen molar-refractivity contribution in [1.29, 1.82) is 0 Å². The number of carbonyl (C=O) groups excluding carboxylic acids is 1. The fourth-order valence-electron chi connectivity index (χ4n) is 2.59. The molecule has 1 aliphatic heterocycles. The molecule has 0 amide bonds. The van der Waals surface area contributed by atoms with Crippen LogP contribution < -0.4 is 0 Å². The summed E-state index contributed by atoms with van der Waals surface area (Å²) in [5.74, 6) is 0.887. The molecule has 90 valence electrons. The van der Waals surface area contributed by atoms with Gasteiger partial charge < -0.3 is 4.74 Å². The zero-order valence-corrected chi connectivity index (χ0v) is 10.4. The Hall–Kier alpha value is -0.630. The van der Waals surface area contributed by atoms with Crippen molar-refractivity contribution in [3.63, 3.8) is 0 Å². The van der Waals surface area contributed by atoms with E-state index in [1.54, 1.807) is 0 Å². The number of fused-ring (bicyclic) bond motifs is 1. The van der Waals surface area contributed by atoms with Gasteiger partial charge in [0.1, 0.15) is 5.78 Å². The predicted octanol–water partition coefficient (Wildman–Crippen LogP) is 3.26. The number of Topliss-reactive ketones (excluding diaryl/α,β-unsaturated/α-hetero) is 1. The van der Waals surface area contributed by atoms with Crippen LogP contribution in [-0.2, 0) is 9.53 Å². The van der Waals surface area contributed by atoms with E-state index >= 15 is 0 Å². The third kappa shape index (κ3) is 2.94. The molecule has 0 saturated carbocycles. The van der Waals surface area contributed by atoms with Gasteiger partial charge in [0.15, 0.2) is 0 Å². The average Bonchev–Trinajstić information content (AvgIpc) is 2.85. The van der Waals surface area contributed by atoms with Crippen molar-refractivity contribution < 1.29 is 9.53 Å². The van der Waals surface area contributed by atoms with Crippen LogP contribution in [0, 0.1) is 5.92 Å². The van der Waals surface area contributed by atoms with Crippen LogP contribution in [0.3, 0.4) is 0 Å². The lowest BCUT2D eigenvalue weighted by Gasteiger charge is -2.10. The van der Waals surface area contributed by atoms with Crippen LogP contribution in [0.1, 0.15) is 52.4 Å². The van der Waals surface area contributed by atoms with Gasteiger partial charge in [-0.2, -0.15) is 0 Å². The highest BCUT2D eigenvalue weighted by molar-refractivity contribution is 5.80. The molecule has 0 aromatic carbocycles. The topological polar surface area (TPSA) is 29.6 Å². The second kappa shape index (κ2) is 4.70. The largest absolute Gasteiger partial charge is 0.366 e. The first kappa shape index (κ1) is 11.8. The highest BCUT2D eigenvalue weighted by Gasteiger charge is 2.50. The Morgan fingerprint density at radius 2 is 2.19 bits per heavy atom. The van der Waals surface area contributed by atoms with Crippen LogP contribution in [0.25, 0.3) is 0 Å². The molecule has 0 spiro atoms. The average molecular weight is 222 g/mol. The quantitative estimate of drug-likeness (QED) is 0.465. The Labute approximate surface area is 98.1 Å². The predicted molar refractivity (Wildman–Crippen MR) is 64.3 cm³/mol. The minimum absolute atomic E-state index is 0.132. The smallest absolute Gasteiger partial charge is 0.136 e. The van der Waals surface area contributed by atoms with E-state index in [0.29, 0.717) is 24.2 Å². The van der Waals surface area contributed by atoms with Crippen molar-refractivity contribution in [2.75, 3.05) is 0 Å². The number of hydrogen-bond donors (Lipinski definition) is 0. The molecule has 0 radical (unpaired) electrons. The highest BCUT2D eigenvalue weighted by atomic mass is 16.6. The fraction of sp³-hybridized carbons (Fsp3) is 0.786. The summed E-state index contributed by atoms with van der Waals surface area (Å²) in [5, 5.41) is 0. The van der Waals surface area contributed by atoms with Gasteiger partial charge in [0.2, 0.25) is 0 Å². The third-order valence-electron chi connectivity index (χ3n) is 3.85. The monoisotopic (exact) mass is 222 g/mol. The van der Waals surface area contributed by atoms with E-state index in [1.807, 2.05) is 6.08 Å². The van der Waals surface area contributed by atoms with Crippen molar-refractivity contribution in [1.82, 2.24) is 0 Å². The van der Waals surface area contributed by atoms with Crippen molar-refractivity contribution in [3.8, 4) is 0 Å². The zero-order valence-electron chi connectivity index (χ0n) is 10.4. The number of epoxide rings is 1. The highest BCUT2D eigenvalue weighted by Crippen LogP contribution is 2.43. The number of allylic oxidation sites excluding steroid dienone is 2. The first-order valence-corrected chi connectivity index (χ1v) is 6.45. The number of carbonyl (C=O) groups is 1. The second-order valence-corrected chi connectivity index (χ2v) is 5.56. The van der Waals surface area contributed by atoms with E-state index in [-0.39, 0.29) is 5.60 Å². The molecule has 16 heavy (non-hydrogen) atoms. The molecule has 3 atom stereocenters. The van der Waals surface area contributed by atoms with Crippen LogP contribution in [0.4, 0.5) is 0 Å². The van der Waals surface area contributed by atoms with Gasteiger partial charge in [-0.3, -0.25) is 4.79 Å². The number of ether oxygens (including phenoxy) is 1. The van der Waals surface area contributed by atoms with Gasteiger partial charge in [0, 0.05) is 12.8 Å². The Balaban J connectivity index is 1.93. The molecule has 1 aliphatic carbocycles. The summed E-state index contributed by atoms with van der Waals surface area (Å²) < 4.78 is 5.77. The summed E-state index contributed by atoms with van der Waals surface area (Å²) in [4.78, 5) is 11.6. The number of rotatable bonds is 0. The van der Waals surface area contributed by atoms with Gasteiger partial charge in [-0.1, -0.05) is 19.1 Å². The number of hydrogen-bond acceptors (Lipinski definition) is 2. The molecular weight excluding hydrogens is 200 g/mol. The van der Waals surface area contributed by atoms with E-state index in [0.717, 1.165) is 32.1 Å². The summed E-state index contributed by atoms with van der Waals surface area (Å²) in [5.41, 5.74) is 0.132. The maximum atomic E-state index is 11.6. The molecule has 0 aromatic rings. The van der Waals surface area contributed by atoms with Crippen LogP contribution in [0.15, 0.2) is 12.2 Å². The van der Waals surface area contributed by atoms with Crippen LogP contribution >= 0.6 is 0 Å². The Morgan fingerprint density at radius 3 is 3.00 bits per heavy atom. The van der Waals surface area contributed by atoms with Crippen LogP contribution in [0.2, 0.25) is 0 Å². The molecule has 0 aromatic heterocycles. The minimum atomic E-state index is 0.132. The van der Waals surface area contributed by atoms with Gasteiger partial charge in [-0.25, -0.2) is 0 Å². The first-order chi connectivity index (χ1) is 7.60. The van der Waals surface area contributed by atoms with E-state index in [2.05, 4.69) is 19.9 Å². The van der Waals surface area contributed by atoms with Crippen LogP contribution in [0.5, 0.6) is 0 Å². The maximum absolute atomic E-state index is 11.6. The summed E-state index contributed by atoms with van der Waals surface area (Å²) in [6, 6.07) is 0. The van der Waals surface area contributed by atoms with Gasteiger partial charge in [0.05, 0.1) is 11.7 Å². The molecule has 0 N–H and O–H groups in total.